The first kappa shape index (κ1) is 20.1. The van der Waals surface area contributed by atoms with Crippen molar-refractivity contribution in [3.05, 3.63) is 63.7 Å². The van der Waals surface area contributed by atoms with E-state index in [0.29, 0.717) is 5.56 Å². The van der Waals surface area contributed by atoms with E-state index < -0.39 is 22.0 Å². The number of methoxy groups -OCH3 is 1. The normalized spacial score (nSPS) is 12.7. The van der Waals surface area contributed by atoms with Gasteiger partial charge in [0.25, 0.3) is 0 Å². The highest BCUT2D eigenvalue weighted by molar-refractivity contribution is 7.89. The molecule has 0 fully saturated rings. The Labute approximate surface area is 155 Å². The van der Waals surface area contributed by atoms with Crippen molar-refractivity contribution < 1.29 is 17.9 Å². The molecule has 0 saturated heterocycles. The summed E-state index contributed by atoms with van der Waals surface area (Å²) in [7, 11) is -2.52. The fraction of sp³-hybridized carbons (Fsp3) is 0.350. The lowest BCUT2D eigenvalue weighted by Gasteiger charge is -2.19. The molecule has 0 aliphatic rings. The summed E-state index contributed by atoms with van der Waals surface area (Å²) in [6.45, 7) is 9.54. The third-order valence-corrected chi connectivity index (χ3v) is 6.14. The number of ether oxygens (including phenoxy) is 1. The van der Waals surface area contributed by atoms with E-state index in [1.807, 2.05) is 33.8 Å². The molecule has 2 aromatic rings. The Balaban J connectivity index is 2.37. The molecule has 0 aliphatic heterocycles. The molecule has 0 spiro atoms. The van der Waals surface area contributed by atoms with Crippen molar-refractivity contribution in [2.75, 3.05) is 7.11 Å². The first-order chi connectivity index (χ1) is 12.1. The van der Waals surface area contributed by atoms with Crippen molar-refractivity contribution in [3.8, 4) is 0 Å². The van der Waals surface area contributed by atoms with Gasteiger partial charge in [0.1, 0.15) is 0 Å². The average molecular weight is 375 g/mol. The van der Waals surface area contributed by atoms with Crippen LogP contribution in [-0.4, -0.2) is 21.5 Å². The molecule has 1 atom stereocenters. The van der Waals surface area contributed by atoms with Gasteiger partial charge in [-0.2, -0.15) is 0 Å². The first-order valence-electron chi connectivity index (χ1n) is 8.36. The van der Waals surface area contributed by atoms with Gasteiger partial charge < -0.3 is 4.74 Å². The average Bonchev–Trinajstić information content (AvgIpc) is 2.57. The third kappa shape index (κ3) is 4.14. The van der Waals surface area contributed by atoms with E-state index in [1.54, 1.807) is 13.0 Å². The Morgan fingerprint density at radius 1 is 0.962 bits per heavy atom. The smallest absolute Gasteiger partial charge is 0.338 e. The summed E-state index contributed by atoms with van der Waals surface area (Å²) in [5, 5.41) is 0. The number of esters is 1. The number of rotatable bonds is 5. The van der Waals surface area contributed by atoms with Crippen LogP contribution in [0.2, 0.25) is 0 Å². The molecule has 0 heterocycles. The number of hydrogen-bond donors (Lipinski definition) is 1. The number of hydrogen-bond acceptors (Lipinski definition) is 4. The Hall–Kier alpha value is -2.18. The molecule has 0 aromatic heterocycles. The second-order valence-corrected chi connectivity index (χ2v) is 8.32. The summed E-state index contributed by atoms with van der Waals surface area (Å²) in [4.78, 5) is 11.9. The van der Waals surface area contributed by atoms with Gasteiger partial charge in [-0.05, 0) is 74.6 Å². The molecule has 0 bridgehead atoms. The van der Waals surface area contributed by atoms with Crippen molar-refractivity contribution in [1.29, 1.82) is 0 Å². The topological polar surface area (TPSA) is 72.5 Å². The zero-order valence-corrected chi connectivity index (χ0v) is 16.8. The van der Waals surface area contributed by atoms with Crippen LogP contribution in [0.5, 0.6) is 0 Å². The van der Waals surface area contributed by atoms with E-state index in [4.69, 9.17) is 4.74 Å². The lowest BCUT2D eigenvalue weighted by molar-refractivity contribution is 0.0599. The number of nitrogens with one attached hydrogen (secondary N) is 1. The Bertz CT molecular complexity index is 949. The van der Waals surface area contributed by atoms with Crippen molar-refractivity contribution in [3.63, 3.8) is 0 Å². The summed E-state index contributed by atoms with van der Waals surface area (Å²) in [6.07, 6.45) is 0. The molecule has 6 heteroatoms. The lowest BCUT2D eigenvalue weighted by atomic mass is 9.97. The number of sulfonamides is 1. The van der Waals surface area contributed by atoms with Crippen LogP contribution in [0.25, 0.3) is 0 Å². The maximum atomic E-state index is 12.8. The zero-order chi connectivity index (χ0) is 19.6. The molecule has 1 N–H and O–H groups in total. The quantitative estimate of drug-likeness (QED) is 0.808. The molecular weight excluding hydrogens is 350 g/mol. The molecular formula is C20H25NO4S. The van der Waals surface area contributed by atoms with E-state index in [0.717, 1.165) is 16.7 Å². The van der Waals surface area contributed by atoms with Gasteiger partial charge in [0.15, 0.2) is 0 Å². The Morgan fingerprint density at radius 2 is 1.58 bits per heavy atom. The van der Waals surface area contributed by atoms with E-state index >= 15 is 0 Å². The minimum Gasteiger partial charge on any atom is -0.465 e. The maximum Gasteiger partial charge on any atom is 0.338 e. The van der Waals surface area contributed by atoms with Gasteiger partial charge in [0, 0.05) is 6.04 Å². The second kappa shape index (κ2) is 7.60. The zero-order valence-electron chi connectivity index (χ0n) is 16.0. The van der Waals surface area contributed by atoms with Crippen LogP contribution in [0, 0.1) is 27.7 Å². The SMILES string of the molecule is COC(=O)c1cc(S(=O)(=O)N[C@H](C)c2cc(C)c(C)cc2C)ccc1C. The van der Waals surface area contributed by atoms with Crippen molar-refractivity contribution >= 4 is 16.0 Å². The monoisotopic (exact) mass is 375 g/mol. The number of carbonyl (C=O) groups is 1. The molecule has 0 unspecified atom stereocenters. The minimum atomic E-state index is -3.79. The molecule has 2 rings (SSSR count). The minimum absolute atomic E-state index is 0.0387. The number of benzene rings is 2. The van der Waals surface area contributed by atoms with Crippen LogP contribution in [-0.2, 0) is 14.8 Å². The Kier molecular flexibility index (Phi) is 5.88. The standard InChI is InChI=1S/C20H25NO4S/c1-12-7-8-17(11-19(12)20(22)25-6)26(23,24)21-16(5)18-10-14(3)13(2)9-15(18)4/h7-11,16,21H,1-6H3/t16-/m1/s1. The Morgan fingerprint density at radius 3 is 2.19 bits per heavy atom. The molecule has 0 aliphatic carbocycles. The van der Waals surface area contributed by atoms with Crippen LogP contribution in [0.4, 0.5) is 0 Å². The van der Waals surface area contributed by atoms with Gasteiger partial charge in [0.2, 0.25) is 10.0 Å². The lowest BCUT2D eigenvalue weighted by Crippen LogP contribution is -2.27. The highest BCUT2D eigenvalue weighted by Crippen LogP contribution is 2.24. The van der Waals surface area contributed by atoms with Crippen LogP contribution in [0.1, 0.15) is 51.1 Å². The van der Waals surface area contributed by atoms with Gasteiger partial charge in [-0.15, -0.1) is 0 Å². The maximum absolute atomic E-state index is 12.8. The van der Waals surface area contributed by atoms with Gasteiger partial charge in [-0.3, -0.25) is 0 Å². The van der Waals surface area contributed by atoms with Crippen LogP contribution in [0.3, 0.4) is 0 Å². The van der Waals surface area contributed by atoms with E-state index in [1.165, 1.54) is 24.8 Å². The van der Waals surface area contributed by atoms with Gasteiger partial charge in [-0.25, -0.2) is 17.9 Å². The van der Waals surface area contributed by atoms with Gasteiger partial charge >= 0.3 is 5.97 Å². The van der Waals surface area contributed by atoms with E-state index in [2.05, 4.69) is 10.8 Å². The van der Waals surface area contributed by atoms with Gasteiger partial charge in [-0.1, -0.05) is 18.2 Å². The second-order valence-electron chi connectivity index (χ2n) is 6.60. The summed E-state index contributed by atoms with van der Waals surface area (Å²) in [6, 6.07) is 8.10. The van der Waals surface area contributed by atoms with E-state index in [9.17, 15) is 13.2 Å². The number of aryl methyl sites for hydroxylation is 4. The first-order valence-corrected chi connectivity index (χ1v) is 9.84. The highest BCUT2D eigenvalue weighted by Gasteiger charge is 2.22. The predicted molar refractivity (Wildman–Crippen MR) is 102 cm³/mol. The van der Waals surface area contributed by atoms with Crippen LogP contribution < -0.4 is 4.72 Å². The molecule has 0 saturated carbocycles. The summed E-state index contributed by atoms with van der Waals surface area (Å²) < 4.78 is 33.0. The largest absolute Gasteiger partial charge is 0.465 e. The van der Waals surface area contributed by atoms with Crippen molar-refractivity contribution in [2.24, 2.45) is 0 Å². The van der Waals surface area contributed by atoms with Crippen molar-refractivity contribution in [2.45, 2.75) is 45.6 Å². The van der Waals surface area contributed by atoms with Crippen LogP contribution >= 0.6 is 0 Å². The summed E-state index contributed by atoms with van der Waals surface area (Å²) in [5.74, 6) is -0.558. The van der Waals surface area contributed by atoms with Crippen LogP contribution in [0.15, 0.2) is 35.2 Å². The number of carbonyl (C=O) groups excluding carboxylic acids is 1. The molecule has 26 heavy (non-hydrogen) atoms. The molecule has 5 nitrogen and oxygen atoms in total. The molecule has 2 aromatic carbocycles. The fourth-order valence-corrected chi connectivity index (χ4v) is 4.16. The summed E-state index contributed by atoms with van der Waals surface area (Å²) >= 11 is 0. The molecule has 0 radical (unpaired) electrons. The summed E-state index contributed by atoms with van der Waals surface area (Å²) in [5.41, 5.74) is 5.14. The highest BCUT2D eigenvalue weighted by atomic mass is 32.2. The molecule has 140 valence electrons. The van der Waals surface area contributed by atoms with Gasteiger partial charge in [0.05, 0.1) is 17.6 Å². The fourth-order valence-electron chi connectivity index (χ4n) is 2.91. The third-order valence-electron chi connectivity index (χ3n) is 4.61. The molecule has 0 amide bonds. The predicted octanol–water partition coefficient (Wildman–Crippen LogP) is 3.75. The van der Waals surface area contributed by atoms with Crippen molar-refractivity contribution in [1.82, 2.24) is 4.72 Å². The van der Waals surface area contributed by atoms with E-state index in [-0.39, 0.29) is 10.5 Å².